The molecule has 1 aromatic carbocycles. The Bertz CT molecular complexity index is 576. The number of anilines is 1. The highest BCUT2D eigenvalue weighted by Gasteiger charge is 2.05. The number of aromatic nitrogens is 1. The molecule has 2 aromatic rings. The molecule has 0 amide bonds. The number of pyridine rings is 1. The van der Waals surface area contributed by atoms with Crippen LogP contribution in [0.3, 0.4) is 0 Å². The Labute approximate surface area is 121 Å². The van der Waals surface area contributed by atoms with Crippen molar-refractivity contribution < 1.29 is 8.78 Å². The van der Waals surface area contributed by atoms with Crippen LogP contribution in [0.2, 0.25) is 0 Å². The minimum Gasteiger partial charge on any atom is -0.370 e. The molecule has 0 fully saturated rings. The molecule has 5 heteroatoms. The molecule has 0 aliphatic rings. The predicted octanol–water partition coefficient (Wildman–Crippen LogP) is 4.47. The van der Waals surface area contributed by atoms with E-state index >= 15 is 0 Å². The van der Waals surface area contributed by atoms with Crippen LogP contribution in [0.5, 0.6) is 0 Å². The van der Waals surface area contributed by atoms with Gasteiger partial charge in [0.2, 0.25) is 0 Å². The Morgan fingerprint density at radius 2 is 2.05 bits per heavy atom. The lowest BCUT2D eigenvalue weighted by molar-refractivity contribution is 0.577. The Morgan fingerprint density at radius 1 is 1.20 bits per heavy atom. The highest BCUT2D eigenvalue weighted by molar-refractivity contribution is 7.98. The Hall–Kier alpha value is -1.62. The smallest absolute Gasteiger partial charge is 0.136 e. The van der Waals surface area contributed by atoms with Crippen molar-refractivity contribution in [2.75, 3.05) is 11.9 Å². The maximum atomic E-state index is 13.5. The highest BCUT2D eigenvalue weighted by atomic mass is 32.2. The third-order valence-electron chi connectivity index (χ3n) is 2.67. The molecule has 0 unspecified atom stereocenters. The van der Waals surface area contributed by atoms with Crippen molar-refractivity contribution >= 4 is 17.6 Å². The first-order chi connectivity index (χ1) is 9.69. The molecule has 0 aliphatic carbocycles. The van der Waals surface area contributed by atoms with E-state index in [1.807, 2.05) is 12.1 Å². The van der Waals surface area contributed by atoms with Crippen LogP contribution in [0.15, 0.2) is 41.4 Å². The maximum Gasteiger partial charge on any atom is 0.136 e. The second-order valence-corrected chi connectivity index (χ2v) is 5.36. The fraction of sp³-hybridized carbons (Fsp3) is 0.267. The molecule has 1 heterocycles. The average Bonchev–Trinajstić information content (AvgIpc) is 2.46. The van der Waals surface area contributed by atoms with E-state index in [2.05, 4.69) is 17.2 Å². The van der Waals surface area contributed by atoms with E-state index in [-0.39, 0.29) is 0 Å². The Kier molecular flexibility index (Phi) is 5.35. The van der Waals surface area contributed by atoms with Crippen molar-refractivity contribution in [3.8, 4) is 0 Å². The van der Waals surface area contributed by atoms with Gasteiger partial charge in [0, 0.05) is 23.4 Å². The quantitative estimate of drug-likeness (QED) is 0.795. The largest absolute Gasteiger partial charge is 0.370 e. The molecule has 20 heavy (non-hydrogen) atoms. The molecular formula is C15H16F2N2S. The van der Waals surface area contributed by atoms with Crippen LogP contribution in [0.1, 0.15) is 18.9 Å². The predicted molar refractivity (Wildman–Crippen MR) is 78.9 cm³/mol. The van der Waals surface area contributed by atoms with Crippen molar-refractivity contribution in [3.05, 3.63) is 53.7 Å². The topological polar surface area (TPSA) is 24.9 Å². The molecule has 0 saturated heterocycles. The van der Waals surface area contributed by atoms with Gasteiger partial charge in [-0.2, -0.15) is 0 Å². The minimum absolute atomic E-state index is 0.324. The molecular weight excluding hydrogens is 278 g/mol. The first kappa shape index (κ1) is 14.8. The van der Waals surface area contributed by atoms with E-state index in [1.165, 1.54) is 17.8 Å². The van der Waals surface area contributed by atoms with Crippen LogP contribution in [0, 0.1) is 11.6 Å². The van der Waals surface area contributed by atoms with E-state index in [9.17, 15) is 8.78 Å². The zero-order valence-corrected chi connectivity index (χ0v) is 12.0. The van der Waals surface area contributed by atoms with Gasteiger partial charge in [-0.3, -0.25) is 0 Å². The third kappa shape index (κ3) is 4.20. The molecule has 0 atom stereocenters. The van der Waals surface area contributed by atoms with Crippen LogP contribution in [-0.4, -0.2) is 11.5 Å². The molecule has 0 saturated carbocycles. The summed E-state index contributed by atoms with van der Waals surface area (Å²) in [6.07, 6.45) is 2.74. The van der Waals surface area contributed by atoms with Crippen LogP contribution in [0.4, 0.5) is 14.6 Å². The monoisotopic (exact) mass is 294 g/mol. The zero-order chi connectivity index (χ0) is 14.4. The summed E-state index contributed by atoms with van der Waals surface area (Å²) in [5.41, 5.74) is 1.02. The van der Waals surface area contributed by atoms with Gasteiger partial charge in [0.1, 0.15) is 17.5 Å². The fourth-order valence-corrected chi connectivity index (χ4v) is 2.57. The summed E-state index contributed by atoms with van der Waals surface area (Å²) in [6, 6.07) is 7.30. The first-order valence-electron chi connectivity index (χ1n) is 6.45. The lowest BCUT2D eigenvalue weighted by Gasteiger charge is -2.07. The van der Waals surface area contributed by atoms with Gasteiger partial charge in [0.05, 0.1) is 0 Å². The van der Waals surface area contributed by atoms with Gasteiger partial charge in [-0.1, -0.05) is 6.92 Å². The molecule has 1 N–H and O–H groups in total. The number of hydrogen-bond acceptors (Lipinski definition) is 3. The summed E-state index contributed by atoms with van der Waals surface area (Å²) in [4.78, 5) is 4.53. The van der Waals surface area contributed by atoms with Gasteiger partial charge in [-0.25, -0.2) is 13.8 Å². The number of halogens is 2. The van der Waals surface area contributed by atoms with Crippen molar-refractivity contribution in [2.45, 2.75) is 24.0 Å². The third-order valence-corrected chi connectivity index (χ3v) is 3.77. The van der Waals surface area contributed by atoms with Crippen LogP contribution in [-0.2, 0) is 5.75 Å². The zero-order valence-electron chi connectivity index (χ0n) is 11.2. The SMILES string of the molecule is CCCNc1cc(CSc2cc(F)ccc2F)ccn1. The van der Waals surface area contributed by atoms with Crippen molar-refractivity contribution in [2.24, 2.45) is 0 Å². The number of nitrogens with zero attached hydrogens (tertiary/aromatic N) is 1. The Balaban J connectivity index is 2.01. The molecule has 1 aromatic heterocycles. The molecule has 0 radical (unpaired) electrons. The van der Waals surface area contributed by atoms with Crippen molar-refractivity contribution in [1.29, 1.82) is 0 Å². The van der Waals surface area contributed by atoms with E-state index < -0.39 is 11.6 Å². The summed E-state index contributed by atoms with van der Waals surface area (Å²) < 4.78 is 26.6. The lowest BCUT2D eigenvalue weighted by Crippen LogP contribution is -2.01. The van der Waals surface area contributed by atoms with Crippen LogP contribution < -0.4 is 5.32 Å². The van der Waals surface area contributed by atoms with Crippen molar-refractivity contribution in [1.82, 2.24) is 4.98 Å². The fourth-order valence-electron chi connectivity index (χ4n) is 1.66. The maximum absolute atomic E-state index is 13.5. The normalized spacial score (nSPS) is 10.6. The molecule has 0 spiro atoms. The van der Waals surface area contributed by atoms with E-state index in [1.54, 1.807) is 6.20 Å². The van der Waals surface area contributed by atoms with Crippen LogP contribution >= 0.6 is 11.8 Å². The second kappa shape index (κ2) is 7.24. The molecule has 0 aliphatic heterocycles. The highest BCUT2D eigenvalue weighted by Crippen LogP contribution is 2.26. The summed E-state index contributed by atoms with van der Waals surface area (Å²) in [5.74, 6) is 0.567. The van der Waals surface area contributed by atoms with Crippen molar-refractivity contribution in [3.63, 3.8) is 0 Å². The molecule has 106 valence electrons. The standard InChI is InChI=1S/C15H16F2N2S/c1-2-6-18-15-8-11(5-7-19-15)10-20-14-9-12(16)3-4-13(14)17/h3-5,7-9H,2,6,10H2,1H3,(H,18,19). The second-order valence-electron chi connectivity index (χ2n) is 4.34. The van der Waals surface area contributed by atoms with Crippen LogP contribution in [0.25, 0.3) is 0 Å². The van der Waals surface area contributed by atoms with Gasteiger partial charge in [-0.15, -0.1) is 11.8 Å². The van der Waals surface area contributed by atoms with Gasteiger partial charge in [0.25, 0.3) is 0 Å². The van der Waals surface area contributed by atoms with Gasteiger partial charge in [-0.05, 0) is 42.3 Å². The summed E-state index contributed by atoms with van der Waals surface area (Å²) in [7, 11) is 0. The van der Waals surface area contributed by atoms with Gasteiger partial charge < -0.3 is 5.32 Å². The number of thioether (sulfide) groups is 1. The minimum atomic E-state index is -0.422. The lowest BCUT2D eigenvalue weighted by atomic mass is 10.3. The number of hydrogen-bond donors (Lipinski definition) is 1. The number of benzene rings is 1. The van der Waals surface area contributed by atoms with E-state index in [4.69, 9.17) is 0 Å². The Morgan fingerprint density at radius 3 is 2.85 bits per heavy atom. The molecule has 0 bridgehead atoms. The van der Waals surface area contributed by atoms with Gasteiger partial charge in [0.15, 0.2) is 0 Å². The summed E-state index contributed by atoms with van der Waals surface area (Å²) in [5, 5.41) is 3.20. The van der Waals surface area contributed by atoms with E-state index in [0.29, 0.717) is 10.6 Å². The summed E-state index contributed by atoms with van der Waals surface area (Å²) in [6.45, 7) is 2.95. The number of rotatable bonds is 6. The number of nitrogens with one attached hydrogen (secondary N) is 1. The van der Waals surface area contributed by atoms with Gasteiger partial charge >= 0.3 is 0 Å². The van der Waals surface area contributed by atoms with E-state index in [0.717, 1.165) is 36.5 Å². The average molecular weight is 294 g/mol. The summed E-state index contributed by atoms with van der Waals surface area (Å²) >= 11 is 1.28. The molecule has 2 nitrogen and oxygen atoms in total. The molecule has 2 rings (SSSR count). The first-order valence-corrected chi connectivity index (χ1v) is 7.44.